The molecule has 0 radical (unpaired) electrons. The van der Waals surface area contributed by atoms with E-state index < -0.39 is 0 Å². The van der Waals surface area contributed by atoms with Crippen LogP contribution in [0.2, 0.25) is 0 Å². The fraction of sp³-hybridized carbons (Fsp3) is 0.500. The Morgan fingerprint density at radius 2 is 2.31 bits per heavy atom. The van der Waals surface area contributed by atoms with Gasteiger partial charge in [-0.15, -0.1) is 11.3 Å². The van der Waals surface area contributed by atoms with Gasteiger partial charge < -0.3 is 5.73 Å². The van der Waals surface area contributed by atoms with Gasteiger partial charge in [-0.3, -0.25) is 4.79 Å². The number of nitrogens with two attached hydrogens (primary N) is 1. The van der Waals surface area contributed by atoms with Crippen LogP contribution in [0.3, 0.4) is 0 Å². The number of carbonyl (C=O) groups excluding carboxylic acids is 1. The van der Waals surface area contributed by atoms with Crippen LogP contribution in [-0.4, -0.2) is 12.3 Å². The second-order valence-corrected chi connectivity index (χ2v) is 4.40. The lowest BCUT2D eigenvalue weighted by Gasteiger charge is -2.08. The van der Waals surface area contributed by atoms with Crippen molar-refractivity contribution in [3.05, 3.63) is 21.9 Å². The zero-order valence-corrected chi connectivity index (χ0v) is 8.86. The molecule has 1 unspecified atom stereocenters. The molecule has 0 aliphatic heterocycles. The van der Waals surface area contributed by atoms with Gasteiger partial charge in [0, 0.05) is 17.3 Å². The number of thiophene rings is 1. The van der Waals surface area contributed by atoms with Crippen molar-refractivity contribution in [1.29, 1.82) is 0 Å². The van der Waals surface area contributed by atoms with Crippen LogP contribution in [0.1, 0.15) is 27.9 Å². The minimum absolute atomic E-state index is 0.00181. The molecular weight excluding hydrogens is 182 g/mol. The average Bonchev–Trinajstić information content (AvgIpc) is 2.54. The highest BCUT2D eigenvalue weighted by molar-refractivity contribution is 7.14. The number of carbonyl (C=O) groups is 1. The SMILES string of the molecule is CCC(CN)C(=O)c1ccc(C)s1. The Kier molecular flexibility index (Phi) is 3.63. The van der Waals surface area contributed by atoms with Crippen LogP contribution in [0.25, 0.3) is 0 Å². The Balaban J connectivity index is 2.78. The first kappa shape index (κ1) is 10.4. The third kappa shape index (κ3) is 2.39. The van der Waals surface area contributed by atoms with E-state index in [4.69, 9.17) is 5.73 Å². The summed E-state index contributed by atoms with van der Waals surface area (Å²) in [6, 6.07) is 3.86. The molecule has 0 aromatic carbocycles. The lowest BCUT2D eigenvalue weighted by atomic mass is 10.0. The zero-order valence-electron chi connectivity index (χ0n) is 8.04. The van der Waals surface area contributed by atoms with E-state index in [9.17, 15) is 4.79 Å². The Morgan fingerprint density at radius 3 is 2.69 bits per heavy atom. The molecule has 0 saturated carbocycles. The molecule has 13 heavy (non-hydrogen) atoms. The van der Waals surface area contributed by atoms with Crippen LogP contribution in [0.15, 0.2) is 12.1 Å². The predicted molar refractivity (Wildman–Crippen MR) is 56.2 cm³/mol. The Labute approximate surface area is 82.8 Å². The summed E-state index contributed by atoms with van der Waals surface area (Å²) in [6.45, 7) is 4.45. The number of rotatable bonds is 4. The normalized spacial score (nSPS) is 12.8. The van der Waals surface area contributed by atoms with Crippen molar-refractivity contribution < 1.29 is 4.79 Å². The van der Waals surface area contributed by atoms with Crippen molar-refractivity contribution in [2.75, 3.05) is 6.54 Å². The quantitative estimate of drug-likeness (QED) is 0.752. The van der Waals surface area contributed by atoms with E-state index in [1.54, 1.807) is 11.3 Å². The molecule has 0 amide bonds. The Bertz CT molecular complexity index is 289. The van der Waals surface area contributed by atoms with Crippen molar-refractivity contribution in [3.63, 3.8) is 0 Å². The fourth-order valence-electron chi connectivity index (χ4n) is 1.23. The summed E-state index contributed by atoms with van der Waals surface area (Å²) < 4.78 is 0. The number of hydrogen-bond donors (Lipinski definition) is 1. The van der Waals surface area contributed by atoms with Crippen molar-refractivity contribution in [3.8, 4) is 0 Å². The molecule has 72 valence electrons. The van der Waals surface area contributed by atoms with Crippen molar-refractivity contribution in [2.45, 2.75) is 20.3 Å². The standard InChI is InChI=1S/C10H15NOS/c1-3-8(6-11)10(12)9-5-4-7(2)13-9/h4-5,8H,3,6,11H2,1-2H3. The molecule has 1 atom stereocenters. The number of ketones is 1. The van der Waals surface area contributed by atoms with Gasteiger partial charge in [0.15, 0.2) is 5.78 Å². The van der Waals surface area contributed by atoms with Crippen molar-refractivity contribution in [1.82, 2.24) is 0 Å². The van der Waals surface area contributed by atoms with Gasteiger partial charge in [-0.1, -0.05) is 6.92 Å². The van der Waals surface area contributed by atoms with Crippen molar-refractivity contribution in [2.24, 2.45) is 11.7 Å². The highest BCUT2D eigenvalue weighted by Gasteiger charge is 2.17. The van der Waals surface area contributed by atoms with Gasteiger partial charge in [-0.25, -0.2) is 0 Å². The topological polar surface area (TPSA) is 43.1 Å². The van der Waals surface area contributed by atoms with Gasteiger partial charge in [0.2, 0.25) is 0 Å². The number of Topliss-reactive ketones (excluding diaryl/α,β-unsaturated/α-hetero) is 1. The molecule has 1 aromatic heterocycles. The lowest BCUT2D eigenvalue weighted by molar-refractivity contribution is 0.0925. The van der Waals surface area contributed by atoms with Gasteiger partial charge >= 0.3 is 0 Å². The highest BCUT2D eigenvalue weighted by Crippen LogP contribution is 2.19. The molecule has 0 aliphatic rings. The maximum Gasteiger partial charge on any atom is 0.177 e. The third-order valence-corrected chi connectivity index (χ3v) is 3.15. The number of aryl methyl sites for hydroxylation is 1. The molecule has 0 aliphatic carbocycles. The maximum absolute atomic E-state index is 11.8. The van der Waals surface area contributed by atoms with Crippen LogP contribution >= 0.6 is 11.3 Å². The monoisotopic (exact) mass is 197 g/mol. The summed E-state index contributed by atoms with van der Waals surface area (Å²) in [7, 11) is 0. The molecule has 1 rings (SSSR count). The summed E-state index contributed by atoms with van der Waals surface area (Å²) >= 11 is 1.55. The van der Waals surface area contributed by atoms with E-state index in [1.165, 1.54) is 4.88 Å². The molecule has 3 heteroatoms. The van der Waals surface area contributed by atoms with Crippen molar-refractivity contribution >= 4 is 17.1 Å². The highest BCUT2D eigenvalue weighted by atomic mass is 32.1. The molecule has 0 fully saturated rings. The average molecular weight is 197 g/mol. The molecule has 0 bridgehead atoms. The first-order valence-electron chi connectivity index (χ1n) is 4.49. The first-order chi connectivity index (χ1) is 6.19. The van der Waals surface area contributed by atoms with E-state index >= 15 is 0 Å². The van der Waals surface area contributed by atoms with Crippen LogP contribution in [-0.2, 0) is 0 Å². The second kappa shape index (κ2) is 4.53. The minimum atomic E-state index is -0.00181. The van der Waals surface area contributed by atoms with Crippen LogP contribution in [0.5, 0.6) is 0 Å². The lowest BCUT2D eigenvalue weighted by Crippen LogP contribution is -2.22. The Hall–Kier alpha value is -0.670. The summed E-state index contributed by atoms with van der Waals surface area (Å²) in [5.74, 6) is 0.196. The summed E-state index contributed by atoms with van der Waals surface area (Å²) in [5, 5.41) is 0. The summed E-state index contributed by atoms with van der Waals surface area (Å²) in [6.07, 6.45) is 0.826. The molecule has 0 spiro atoms. The molecular formula is C10H15NOS. The molecule has 1 heterocycles. The van der Waals surface area contributed by atoms with Gasteiger partial charge in [-0.2, -0.15) is 0 Å². The summed E-state index contributed by atoms with van der Waals surface area (Å²) in [4.78, 5) is 13.8. The second-order valence-electron chi connectivity index (χ2n) is 3.12. The molecule has 2 nitrogen and oxygen atoms in total. The largest absolute Gasteiger partial charge is 0.330 e. The van der Waals surface area contributed by atoms with Gasteiger partial charge in [-0.05, 0) is 25.5 Å². The fourth-order valence-corrected chi connectivity index (χ4v) is 2.11. The summed E-state index contributed by atoms with van der Waals surface area (Å²) in [5.41, 5.74) is 5.51. The predicted octanol–water partition coefficient (Wildman–Crippen LogP) is 2.22. The van der Waals surface area contributed by atoms with Gasteiger partial charge in [0.25, 0.3) is 0 Å². The van der Waals surface area contributed by atoms with Gasteiger partial charge in [0.05, 0.1) is 4.88 Å². The molecule has 1 aromatic rings. The first-order valence-corrected chi connectivity index (χ1v) is 5.31. The van der Waals surface area contributed by atoms with E-state index in [0.29, 0.717) is 6.54 Å². The van der Waals surface area contributed by atoms with Crippen LogP contribution < -0.4 is 5.73 Å². The zero-order chi connectivity index (χ0) is 9.84. The third-order valence-electron chi connectivity index (χ3n) is 2.13. The van der Waals surface area contributed by atoms with E-state index in [0.717, 1.165) is 11.3 Å². The maximum atomic E-state index is 11.8. The van der Waals surface area contributed by atoms with E-state index in [-0.39, 0.29) is 11.7 Å². The Morgan fingerprint density at radius 1 is 1.62 bits per heavy atom. The van der Waals surface area contributed by atoms with E-state index in [2.05, 4.69) is 0 Å². The van der Waals surface area contributed by atoms with Crippen LogP contribution in [0, 0.1) is 12.8 Å². The molecule has 0 saturated heterocycles. The van der Waals surface area contributed by atoms with Crippen LogP contribution in [0.4, 0.5) is 0 Å². The van der Waals surface area contributed by atoms with Gasteiger partial charge in [0.1, 0.15) is 0 Å². The smallest absolute Gasteiger partial charge is 0.177 e. The minimum Gasteiger partial charge on any atom is -0.330 e. The number of hydrogen-bond acceptors (Lipinski definition) is 3. The van der Waals surface area contributed by atoms with E-state index in [1.807, 2.05) is 26.0 Å². The molecule has 2 N–H and O–H groups in total.